The molecular formula is C76H112O33. The van der Waals surface area contributed by atoms with Gasteiger partial charge in [-0.3, -0.25) is 4.79 Å². The molecule has 5 aliphatic carbocycles. The van der Waals surface area contributed by atoms with E-state index < -0.39 is 265 Å². The van der Waals surface area contributed by atoms with E-state index in [-0.39, 0.29) is 36.7 Å². The van der Waals surface area contributed by atoms with Crippen molar-refractivity contribution in [2.24, 2.45) is 50.2 Å². The molecule has 6 saturated heterocycles. The third-order valence-corrected chi connectivity index (χ3v) is 27.6. The standard InChI is InChI=1S/C76H112O33/c1-13-31(2)63(94)108-60-61(102-43(80)20-19-35-17-15-14-16-18-35)76-40(27-70(60,6)7)75(109-69(76)95)26-22-39-72(10)24-23-41(71(8,9)38(72)21-25-73(39,11)74(75,12)28-42(76)98-34(5)79)101-68-59(107-65-53(90)49(86)46(83)36(29-77)99-65)55(54(91)56(104-68)62(92)93)103-67-58(51(88)47(84)37(30-78)100-67)106-66-57(50(87)45(82)33(4)97-66)105-64-52(89)48(85)44(81)32(3)96-64/h13-20,32-33,36-42,44-61,64-69,77-78,81-91,95H,21-30H2,1-12H3,(H,92,93)/b20-19+,31-13-/t32-,33-,36+,37+,38-,39+,40?,41-,42+,44-,45-,46-,47-,48+,49-,50+,51-,52+,53+,54-,55-,56-,57+,58+,59+,60-,61-,64-,65-,66-,67-,68+,69-,72-,73+,74-,75-,76+/m0/s1. The third-order valence-electron chi connectivity index (χ3n) is 27.6. The molecule has 5 saturated carbocycles. The maximum Gasteiger partial charge on any atom is 0.335 e. The molecule has 11 fully saturated rings. The summed E-state index contributed by atoms with van der Waals surface area (Å²) in [6, 6.07) is 9.07. The van der Waals surface area contributed by atoms with Crippen LogP contribution in [0, 0.1) is 50.2 Å². The number of esters is 3. The number of carbonyl (C=O) groups is 4. The van der Waals surface area contributed by atoms with E-state index in [4.69, 9.17) is 66.3 Å². The second-order valence-electron chi connectivity index (χ2n) is 34.2. The van der Waals surface area contributed by atoms with Crippen molar-refractivity contribution in [3.05, 3.63) is 53.6 Å². The van der Waals surface area contributed by atoms with E-state index >= 15 is 0 Å². The monoisotopic (exact) mass is 1550 g/mol. The van der Waals surface area contributed by atoms with Crippen LogP contribution in [-0.4, -0.2) is 304 Å². The van der Waals surface area contributed by atoms with Gasteiger partial charge in [-0.05, 0) is 119 Å². The van der Waals surface area contributed by atoms with Crippen molar-refractivity contribution >= 4 is 30.0 Å². The lowest BCUT2D eigenvalue weighted by molar-refractivity contribution is -0.412. The topological polar surface area (TPSA) is 501 Å². The SMILES string of the molecule is C/C=C(/C)C(=O)O[C@H]1[C@H](OC(=O)/C=C/c2ccccc2)[C@@]23C(CC1(C)C)[C@]1(CC[C@@H]4[C@@]5(C)CC[C@H](O[C@@H]6O[C@H](C(=O)O)[C@@H](O)[C@H](O[C@@H]7O[C@H](CO)[C@H](O)[C@H](O)[C@H]7O[C@@H]7O[C@@H](C)[C@H](O)[C@@H](O)[C@H]7O[C@@H]7O[C@@H](C)[C@H](O)[C@@H](O)[C@H]7O)[C@H]6O[C@@H]6O[C@H](CO)[C@H](O)[C@H](O)[C@H]6O)C(C)(C)[C@@H]5CC[C@@]4(C)[C@]1(C)C[C@H]2OC(C)=O)O[C@@H]3O. The van der Waals surface area contributed by atoms with Gasteiger partial charge in [0.1, 0.15) is 121 Å². The number of carbonyl (C=O) groups excluding carboxylic acids is 3. The Labute approximate surface area is 631 Å². The van der Waals surface area contributed by atoms with Gasteiger partial charge in [0.2, 0.25) is 0 Å². The first-order chi connectivity index (χ1) is 51.1. The molecule has 33 nitrogen and oxygen atoms in total. The normalized spacial score (nSPS) is 50.1. The quantitative estimate of drug-likeness (QED) is 0.0350. The number of benzene rings is 1. The third kappa shape index (κ3) is 14.1. The Morgan fingerprint density at radius 3 is 1.67 bits per heavy atom. The van der Waals surface area contributed by atoms with E-state index in [9.17, 15) is 95.8 Å². The maximum atomic E-state index is 14.5. The van der Waals surface area contributed by atoms with Crippen molar-refractivity contribution < 1.29 is 162 Å². The number of carboxylic acid groups (broad SMARTS) is 1. The first kappa shape index (κ1) is 84.0. The van der Waals surface area contributed by atoms with E-state index in [0.717, 1.165) is 0 Å². The van der Waals surface area contributed by atoms with E-state index in [1.165, 1.54) is 26.8 Å². The minimum Gasteiger partial charge on any atom is -0.479 e. The molecule has 1 spiro atoms. The Morgan fingerprint density at radius 1 is 0.523 bits per heavy atom. The molecule has 6 aliphatic heterocycles. The largest absolute Gasteiger partial charge is 0.479 e. The van der Waals surface area contributed by atoms with Crippen LogP contribution < -0.4 is 0 Å². The van der Waals surface area contributed by atoms with Crippen LogP contribution in [0.15, 0.2) is 48.1 Å². The Bertz CT molecular complexity index is 3470. The number of allylic oxidation sites excluding steroid dienone is 1. The molecule has 0 radical (unpaired) electrons. The first-order valence-corrected chi connectivity index (χ1v) is 37.9. The number of ether oxygens (including phenoxy) is 14. The minimum atomic E-state index is -2.39. The highest BCUT2D eigenvalue weighted by atomic mass is 16.8. The fourth-order valence-electron chi connectivity index (χ4n) is 21.5. The van der Waals surface area contributed by atoms with Crippen molar-refractivity contribution in [1.82, 2.24) is 0 Å². The molecule has 11 aliphatic rings. The lowest BCUT2D eigenvalue weighted by atomic mass is 9.30. The van der Waals surface area contributed by atoms with Crippen LogP contribution in [0.5, 0.6) is 0 Å². The van der Waals surface area contributed by atoms with Crippen molar-refractivity contribution in [2.75, 3.05) is 13.2 Å². The second-order valence-corrected chi connectivity index (χ2v) is 34.2. The highest BCUT2D eigenvalue weighted by Gasteiger charge is 2.87. The summed E-state index contributed by atoms with van der Waals surface area (Å²) in [5.74, 6) is -5.01. The number of aliphatic hydroxyl groups is 14. The van der Waals surface area contributed by atoms with Crippen LogP contribution in [0.3, 0.4) is 0 Å². The molecule has 33 heteroatoms. The van der Waals surface area contributed by atoms with Crippen LogP contribution in [0.1, 0.15) is 140 Å². The number of carboxylic acids is 1. The molecule has 1 aromatic carbocycles. The summed E-state index contributed by atoms with van der Waals surface area (Å²) in [7, 11) is 0. The smallest absolute Gasteiger partial charge is 0.335 e. The summed E-state index contributed by atoms with van der Waals surface area (Å²) >= 11 is 0. The molecule has 6 heterocycles. The summed E-state index contributed by atoms with van der Waals surface area (Å²) < 4.78 is 89.1. The van der Waals surface area contributed by atoms with Crippen molar-refractivity contribution in [2.45, 2.75) is 324 Å². The average molecular weight is 1550 g/mol. The summed E-state index contributed by atoms with van der Waals surface area (Å²) in [6.45, 7) is 19.7. The lowest BCUT2D eigenvalue weighted by Crippen LogP contribution is -2.77. The van der Waals surface area contributed by atoms with Gasteiger partial charge in [0.15, 0.2) is 49.9 Å². The van der Waals surface area contributed by atoms with Gasteiger partial charge in [-0.25, -0.2) is 14.4 Å². The van der Waals surface area contributed by atoms with Crippen molar-refractivity contribution in [3.8, 4) is 0 Å². The highest BCUT2D eigenvalue weighted by molar-refractivity contribution is 5.88. The van der Waals surface area contributed by atoms with Gasteiger partial charge < -0.3 is 143 Å². The minimum absolute atomic E-state index is 0.119. The fraction of sp³-hybridized carbons (Fsp3) is 0.816. The Balaban J connectivity index is 0.872. The zero-order chi connectivity index (χ0) is 79.6. The van der Waals surface area contributed by atoms with Gasteiger partial charge >= 0.3 is 23.9 Å². The molecule has 2 bridgehead atoms. The molecular weight excluding hydrogens is 1440 g/mol. The molecule has 12 rings (SSSR count). The van der Waals surface area contributed by atoms with Crippen molar-refractivity contribution in [3.63, 3.8) is 0 Å². The van der Waals surface area contributed by atoms with Crippen LogP contribution in [0.2, 0.25) is 0 Å². The number of hydrogen-bond acceptors (Lipinski definition) is 32. The lowest BCUT2D eigenvalue weighted by Gasteiger charge is -2.75. The molecule has 0 aromatic heterocycles. The van der Waals surface area contributed by atoms with Crippen LogP contribution in [-0.2, 0) is 85.5 Å². The molecule has 15 N–H and O–H groups in total. The van der Waals surface area contributed by atoms with Crippen LogP contribution in [0.4, 0.5) is 0 Å². The van der Waals surface area contributed by atoms with Crippen LogP contribution in [0.25, 0.3) is 6.08 Å². The van der Waals surface area contributed by atoms with Gasteiger partial charge in [0, 0.05) is 35.3 Å². The number of fused-ring (bicyclic) bond motifs is 4. The Hall–Kier alpha value is -4.42. The first-order valence-electron chi connectivity index (χ1n) is 37.9. The Kier molecular flexibility index (Phi) is 24.1. The zero-order valence-corrected chi connectivity index (χ0v) is 63.3. The zero-order valence-electron chi connectivity index (χ0n) is 63.3. The number of rotatable bonds is 19. The molecule has 1 aromatic rings. The predicted octanol–water partition coefficient (Wildman–Crippen LogP) is -0.767. The number of hydrogen-bond donors (Lipinski definition) is 15. The molecule has 614 valence electrons. The molecule has 1 unspecified atom stereocenters. The number of aliphatic carboxylic acids is 1. The molecule has 38 atom stereocenters. The average Bonchev–Trinajstić information content (AvgIpc) is 1.53. The van der Waals surface area contributed by atoms with E-state index in [1.54, 1.807) is 38.1 Å². The van der Waals surface area contributed by atoms with Gasteiger partial charge in [-0.1, -0.05) is 84.9 Å². The summed E-state index contributed by atoms with van der Waals surface area (Å²) in [5, 5.41) is 170. The second kappa shape index (κ2) is 31.3. The van der Waals surface area contributed by atoms with Crippen LogP contribution >= 0.6 is 0 Å². The maximum absolute atomic E-state index is 14.5. The summed E-state index contributed by atoms with van der Waals surface area (Å²) in [6.07, 6.45) is -47.7. The summed E-state index contributed by atoms with van der Waals surface area (Å²) in [5.41, 5.74) is -6.00. The van der Waals surface area contributed by atoms with Gasteiger partial charge in [0.05, 0.1) is 37.1 Å². The fourth-order valence-corrected chi connectivity index (χ4v) is 21.5. The number of aliphatic hydroxyl groups excluding tert-OH is 14. The highest BCUT2D eigenvalue weighted by Crippen LogP contribution is 2.82. The van der Waals surface area contributed by atoms with Gasteiger partial charge in [0.25, 0.3) is 0 Å². The van der Waals surface area contributed by atoms with E-state index in [0.29, 0.717) is 37.7 Å². The predicted molar refractivity (Wildman–Crippen MR) is 369 cm³/mol. The Morgan fingerprint density at radius 2 is 1.06 bits per heavy atom. The van der Waals surface area contributed by atoms with Crippen molar-refractivity contribution in [1.29, 1.82) is 0 Å². The summed E-state index contributed by atoms with van der Waals surface area (Å²) in [4.78, 5) is 55.9. The van der Waals surface area contributed by atoms with Gasteiger partial charge in [-0.15, -0.1) is 0 Å². The van der Waals surface area contributed by atoms with Gasteiger partial charge in [-0.2, -0.15) is 0 Å². The van der Waals surface area contributed by atoms with E-state index in [1.807, 2.05) is 45.9 Å². The molecule has 0 amide bonds. The van der Waals surface area contributed by atoms with E-state index in [2.05, 4.69) is 20.8 Å². The molecule has 109 heavy (non-hydrogen) atoms.